The molecule has 0 spiro atoms. The molecule has 1 aliphatic heterocycles. The van der Waals surface area contributed by atoms with Crippen molar-refractivity contribution in [3.63, 3.8) is 0 Å². The summed E-state index contributed by atoms with van der Waals surface area (Å²) in [6.45, 7) is 2.82. The molecule has 0 radical (unpaired) electrons. The molecule has 4 heteroatoms. The highest BCUT2D eigenvalue weighted by Gasteiger charge is 2.13. The molecule has 0 unspecified atom stereocenters. The average molecular weight is 319 g/mol. The second kappa shape index (κ2) is 7.01. The molecular weight excluding hydrogens is 299 g/mol. The third-order valence-electron chi connectivity index (χ3n) is 4.05. The molecule has 3 rings (SSSR count). The molecule has 0 atom stereocenters. The number of rotatable bonds is 4. The van der Waals surface area contributed by atoms with Crippen molar-refractivity contribution in [2.45, 2.75) is 25.8 Å². The van der Waals surface area contributed by atoms with Crippen LogP contribution in [0.15, 0.2) is 42.5 Å². The van der Waals surface area contributed by atoms with E-state index in [1.165, 1.54) is 31.4 Å². The average Bonchev–Trinajstić information content (AvgIpc) is 2.55. The van der Waals surface area contributed by atoms with Crippen molar-refractivity contribution in [2.24, 2.45) is 0 Å². The monoisotopic (exact) mass is 318 g/mol. The molecule has 0 aliphatic carbocycles. The lowest BCUT2D eigenvalue weighted by molar-refractivity contribution is 0.578. The number of benzene rings is 2. The maximum absolute atomic E-state index is 12.9. The molecule has 1 saturated heterocycles. The summed E-state index contributed by atoms with van der Waals surface area (Å²) in [5, 5.41) is 4.11. The van der Waals surface area contributed by atoms with Crippen LogP contribution in [-0.2, 0) is 6.54 Å². The summed E-state index contributed by atoms with van der Waals surface area (Å²) in [7, 11) is 0. The molecule has 2 nitrogen and oxygen atoms in total. The van der Waals surface area contributed by atoms with Crippen molar-refractivity contribution in [2.75, 3.05) is 23.3 Å². The van der Waals surface area contributed by atoms with E-state index < -0.39 is 0 Å². The van der Waals surface area contributed by atoms with Crippen LogP contribution in [0.3, 0.4) is 0 Å². The molecule has 1 N–H and O–H groups in total. The summed E-state index contributed by atoms with van der Waals surface area (Å²) in [4.78, 5) is 2.36. The molecule has 0 amide bonds. The van der Waals surface area contributed by atoms with Crippen LogP contribution in [0.2, 0.25) is 5.02 Å². The fourth-order valence-corrected chi connectivity index (χ4v) is 3.11. The van der Waals surface area contributed by atoms with Crippen molar-refractivity contribution in [1.29, 1.82) is 0 Å². The molecular formula is C18H20ClFN2. The van der Waals surface area contributed by atoms with Crippen LogP contribution in [0.25, 0.3) is 0 Å². The highest BCUT2D eigenvalue weighted by molar-refractivity contribution is 6.33. The second-order valence-electron chi connectivity index (χ2n) is 5.69. The van der Waals surface area contributed by atoms with E-state index in [1.807, 2.05) is 6.07 Å². The van der Waals surface area contributed by atoms with E-state index in [0.29, 0.717) is 6.54 Å². The minimum atomic E-state index is -0.210. The first-order valence-electron chi connectivity index (χ1n) is 7.75. The Morgan fingerprint density at radius 1 is 1.00 bits per heavy atom. The van der Waals surface area contributed by atoms with E-state index in [1.54, 1.807) is 12.1 Å². The Labute approximate surface area is 135 Å². The van der Waals surface area contributed by atoms with Crippen LogP contribution in [-0.4, -0.2) is 13.1 Å². The van der Waals surface area contributed by atoms with Gasteiger partial charge >= 0.3 is 0 Å². The number of hydrogen-bond donors (Lipinski definition) is 1. The van der Waals surface area contributed by atoms with Gasteiger partial charge in [-0.05, 0) is 55.2 Å². The number of piperidine rings is 1. The number of nitrogens with zero attached hydrogens (tertiary/aromatic N) is 1. The van der Waals surface area contributed by atoms with Gasteiger partial charge in [-0.2, -0.15) is 0 Å². The molecule has 2 aromatic rings. The van der Waals surface area contributed by atoms with E-state index in [4.69, 9.17) is 11.6 Å². The van der Waals surface area contributed by atoms with Gasteiger partial charge in [0.2, 0.25) is 0 Å². The lowest BCUT2D eigenvalue weighted by Gasteiger charge is -2.29. The number of nitrogens with one attached hydrogen (secondary N) is 1. The summed E-state index contributed by atoms with van der Waals surface area (Å²) in [5.41, 5.74) is 3.14. The first kappa shape index (κ1) is 15.2. The Kier molecular flexibility index (Phi) is 4.84. The summed E-state index contributed by atoms with van der Waals surface area (Å²) < 4.78 is 12.9. The summed E-state index contributed by atoms with van der Waals surface area (Å²) in [6, 6.07) is 12.6. The largest absolute Gasteiger partial charge is 0.381 e. The maximum Gasteiger partial charge on any atom is 0.123 e. The SMILES string of the molecule is Fc1ccc(CNc2ccc(N3CCCCC3)c(Cl)c2)cc1. The molecule has 1 heterocycles. The molecule has 0 aromatic heterocycles. The normalized spacial score (nSPS) is 14.9. The first-order valence-corrected chi connectivity index (χ1v) is 8.13. The van der Waals surface area contributed by atoms with Crippen molar-refractivity contribution in [1.82, 2.24) is 0 Å². The molecule has 116 valence electrons. The van der Waals surface area contributed by atoms with E-state index in [-0.39, 0.29) is 5.82 Å². The summed E-state index contributed by atoms with van der Waals surface area (Å²) in [5.74, 6) is -0.210. The van der Waals surface area contributed by atoms with E-state index in [9.17, 15) is 4.39 Å². The highest BCUT2D eigenvalue weighted by atomic mass is 35.5. The van der Waals surface area contributed by atoms with Gasteiger partial charge in [-0.15, -0.1) is 0 Å². The van der Waals surface area contributed by atoms with E-state index >= 15 is 0 Å². The van der Waals surface area contributed by atoms with Crippen molar-refractivity contribution >= 4 is 23.0 Å². The topological polar surface area (TPSA) is 15.3 Å². The second-order valence-corrected chi connectivity index (χ2v) is 6.10. The number of anilines is 2. The molecule has 0 saturated carbocycles. The maximum atomic E-state index is 12.9. The van der Waals surface area contributed by atoms with Gasteiger partial charge in [0.25, 0.3) is 0 Å². The summed E-state index contributed by atoms with van der Waals surface area (Å²) >= 11 is 6.43. The first-order chi connectivity index (χ1) is 10.7. The van der Waals surface area contributed by atoms with Crippen LogP contribution < -0.4 is 10.2 Å². The zero-order valence-corrected chi connectivity index (χ0v) is 13.2. The third kappa shape index (κ3) is 3.72. The Morgan fingerprint density at radius 3 is 2.41 bits per heavy atom. The molecule has 22 heavy (non-hydrogen) atoms. The summed E-state index contributed by atoms with van der Waals surface area (Å²) in [6.07, 6.45) is 3.78. The van der Waals surface area contributed by atoms with Gasteiger partial charge in [-0.1, -0.05) is 23.7 Å². The zero-order chi connectivity index (χ0) is 15.4. The van der Waals surface area contributed by atoms with Gasteiger partial charge in [0.05, 0.1) is 10.7 Å². The number of hydrogen-bond acceptors (Lipinski definition) is 2. The fraction of sp³-hybridized carbons (Fsp3) is 0.333. The van der Waals surface area contributed by atoms with Crippen LogP contribution in [0.5, 0.6) is 0 Å². The molecule has 0 bridgehead atoms. The highest BCUT2D eigenvalue weighted by Crippen LogP contribution is 2.30. The van der Waals surface area contributed by atoms with Gasteiger partial charge in [-0.25, -0.2) is 4.39 Å². The molecule has 1 aliphatic rings. The van der Waals surface area contributed by atoms with Crippen molar-refractivity contribution in [3.05, 3.63) is 58.9 Å². The Bertz CT molecular complexity index is 621. The Morgan fingerprint density at radius 2 is 1.73 bits per heavy atom. The lowest BCUT2D eigenvalue weighted by atomic mass is 10.1. The van der Waals surface area contributed by atoms with Crippen LogP contribution in [0.4, 0.5) is 15.8 Å². The van der Waals surface area contributed by atoms with Crippen LogP contribution >= 0.6 is 11.6 Å². The van der Waals surface area contributed by atoms with Gasteiger partial charge in [0, 0.05) is 25.3 Å². The van der Waals surface area contributed by atoms with E-state index in [2.05, 4.69) is 22.3 Å². The fourth-order valence-electron chi connectivity index (χ4n) is 2.81. The minimum absolute atomic E-state index is 0.210. The minimum Gasteiger partial charge on any atom is -0.381 e. The van der Waals surface area contributed by atoms with Gasteiger partial charge in [0.15, 0.2) is 0 Å². The Hall–Kier alpha value is -1.74. The van der Waals surface area contributed by atoms with Crippen molar-refractivity contribution < 1.29 is 4.39 Å². The van der Waals surface area contributed by atoms with Gasteiger partial charge in [0.1, 0.15) is 5.82 Å². The predicted molar refractivity (Wildman–Crippen MR) is 91.2 cm³/mol. The van der Waals surface area contributed by atoms with Crippen LogP contribution in [0.1, 0.15) is 24.8 Å². The third-order valence-corrected chi connectivity index (χ3v) is 4.36. The van der Waals surface area contributed by atoms with Gasteiger partial charge < -0.3 is 10.2 Å². The molecule has 1 fully saturated rings. The molecule has 2 aromatic carbocycles. The van der Waals surface area contributed by atoms with Crippen LogP contribution in [0, 0.1) is 5.82 Å². The Balaban J connectivity index is 1.65. The number of halogens is 2. The van der Waals surface area contributed by atoms with Crippen molar-refractivity contribution in [3.8, 4) is 0 Å². The van der Waals surface area contributed by atoms with E-state index in [0.717, 1.165) is 35.1 Å². The zero-order valence-electron chi connectivity index (χ0n) is 12.5. The van der Waals surface area contributed by atoms with Gasteiger partial charge in [-0.3, -0.25) is 0 Å². The quantitative estimate of drug-likeness (QED) is 0.845. The smallest absolute Gasteiger partial charge is 0.123 e. The predicted octanol–water partition coefficient (Wildman–Crippen LogP) is 5.08. The lowest BCUT2D eigenvalue weighted by Crippen LogP contribution is -2.29. The standard InChI is InChI=1S/C18H20ClFN2/c19-17-12-16(21-13-14-4-6-15(20)7-5-14)8-9-18(17)22-10-2-1-3-11-22/h4-9,12,21H,1-3,10-11,13H2.